The van der Waals surface area contributed by atoms with Gasteiger partial charge in [0.1, 0.15) is 0 Å². The number of carboxylic acids is 1. The summed E-state index contributed by atoms with van der Waals surface area (Å²) in [7, 11) is 0. The van der Waals surface area contributed by atoms with E-state index in [4.69, 9.17) is 11.6 Å². The highest BCUT2D eigenvalue weighted by Crippen LogP contribution is 2.32. The van der Waals surface area contributed by atoms with Gasteiger partial charge in [-0.3, -0.25) is 4.79 Å². The summed E-state index contributed by atoms with van der Waals surface area (Å²) in [5.74, 6) is -1.47. The molecule has 0 fully saturated rings. The van der Waals surface area contributed by atoms with Gasteiger partial charge in [-0.05, 0) is 35.1 Å². The predicted octanol–water partition coefficient (Wildman–Crippen LogP) is 3.28. The quantitative estimate of drug-likeness (QED) is 0.915. The Labute approximate surface area is 126 Å². The Balaban J connectivity index is 1.93. The molecule has 104 valence electrons. The molecule has 2 aromatic rings. The van der Waals surface area contributed by atoms with Crippen LogP contribution in [-0.4, -0.2) is 17.1 Å². The van der Waals surface area contributed by atoms with E-state index in [1.54, 1.807) is 23.5 Å². The number of halogens is 1. The molecule has 5 heteroatoms. The van der Waals surface area contributed by atoms with Crippen LogP contribution in [0.15, 0.2) is 35.7 Å². The number of thiophene rings is 1. The maximum atomic E-state index is 11.7. The van der Waals surface area contributed by atoms with Crippen LogP contribution in [-0.2, 0) is 17.8 Å². The lowest BCUT2D eigenvalue weighted by Gasteiger charge is -2.29. The lowest BCUT2D eigenvalue weighted by atomic mass is 9.86. The van der Waals surface area contributed by atoms with Gasteiger partial charge in [0.2, 0.25) is 0 Å². The summed E-state index contributed by atoms with van der Waals surface area (Å²) < 4.78 is 0. The lowest BCUT2D eigenvalue weighted by Crippen LogP contribution is -2.42. The van der Waals surface area contributed by atoms with Crippen LogP contribution in [0.25, 0.3) is 0 Å². The van der Waals surface area contributed by atoms with Crippen molar-refractivity contribution in [1.29, 1.82) is 0 Å². The van der Waals surface area contributed by atoms with Gasteiger partial charge in [0.05, 0.1) is 5.92 Å². The number of carbonyl (C=O) groups is 1. The third-order valence-corrected chi connectivity index (χ3v) is 5.02. The summed E-state index contributed by atoms with van der Waals surface area (Å²) in [4.78, 5) is 13.0. The highest BCUT2D eigenvalue weighted by Gasteiger charge is 2.33. The minimum atomic E-state index is -0.839. The van der Waals surface area contributed by atoms with E-state index in [0.717, 1.165) is 13.0 Å². The standard InChI is InChI=1S/C15H14ClNO2S/c16-11-4-2-1-3-10(11)14(15(18)19)12-7-9-5-6-20-13(9)8-17-12/h1-6,12,14,17H,7-8H2,(H,18,19)/t12-,14?/m0/s1. The topological polar surface area (TPSA) is 49.3 Å². The number of fused-ring (bicyclic) bond motifs is 1. The molecule has 1 aliphatic rings. The Bertz CT molecular complexity index is 640. The van der Waals surface area contributed by atoms with Gasteiger partial charge < -0.3 is 10.4 Å². The maximum Gasteiger partial charge on any atom is 0.312 e. The molecule has 20 heavy (non-hydrogen) atoms. The number of benzene rings is 1. The normalized spacial score (nSPS) is 19.4. The van der Waals surface area contributed by atoms with Crippen LogP contribution in [0.2, 0.25) is 5.02 Å². The summed E-state index contributed by atoms with van der Waals surface area (Å²) in [6.45, 7) is 0.728. The zero-order chi connectivity index (χ0) is 14.1. The summed E-state index contributed by atoms with van der Waals surface area (Å²) in [6, 6.07) is 9.14. The fourth-order valence-electron chi connectivity index (χ4n) is 2.72. The molecule has 0 spiro atoms. The largest absolute Gasteiger partial charge is 0.481 e. The molecule has 0 bridgehead atoms. The van der Waals surface area contributed by atoms with Crippen molar-refractivity contribution >= 4 is 28.9 Å². The monoisotopic (exact) mass is 307 g/mol. The summed E-state index contributed by atoms with van der Waals surface area (Å²) >= 11 is 7.88. The third-order valence-electron chi connectivity index (χ3n) is 3.71. The van der Waals surface area contributed by atoms with E-state index in [2.05, 4.69) is 16.8 Å². The minimum absolute atomic E-state index is 0.130. The Morgan fingerprint density at radius 2 is 2.20 bits per heavy atom. The van der Waals surface area contributed by atoms with E-state index in [0.29, 0.717) is 10.6 Å². The van der Waals surface area contributed by atoms with E-state index in [9.17, 15) is 9.90 Å². The average Bonchev–Trinajstić information content (AvgIpc) is 2.88. The van der Waals surface area contributed by atoms with Gasteiger partial charge in [0.15, 0.2) is 0 Å². The van der Waals surface area contributed by atoms with Gasteiger partial charge in [-0.15, -0.1) is 11.3 Å². The van der Waals surface area contributed by atoms with Gasteiger partial charge in [-0.2, -0.15) is 0 Å². The number of hydrogen-bond donors (Lipinski definition) is 2. The first-order valence-electron chi connectivity index (χ1n) is 6.42. The van der Waals surface area contributed by atoms with E-state index >= 15 is 0 Å². The van der Waals surface area contributed by atoms with Gasteiger partial charge >= 0.3 is 5.97 Å². The van der Waals surface area contributed by atoms with Crippen molar-refractivity contribution in [3.05, 3.63) is 56.7 Å². The van der Waals surface area contributed by atoms with Crippen LogP contribution < -0.4 is 5.32 Å². The van der Waals surface area contributed by atoms with Crippen LogP contribution in [0.5, 0.6) is 0 Å². The van der Waals surface area contributed by atoms with Crippen LogP contribution >= 0.6 is 22.9 Å². The summed E-state index contributed by atoms with van der Waals surface area (Å²) in [5, 5.41) is 15.5. The average molecular weight is 308 g/mol. The SMILES string of the molecule is O=C(O)C(c1ccccc1Cl)[C@@H]1Cc2ccsc2CN1. The zero-order valence-corrected chi connectivity index (χ0v) is 12.2. The molecule has 3 rings (SSSR count). The molecule has 3 nitrogen and oxygen atoms in total. The number of hydrogen-bond acceptors (Lipinski definition) is 3. The van der Waals surface area contributed by atoms with Crippen molar-refractivity contribution in [2.75, 3.05) is 0 Å². The molecule has 0 amide bonds. The van der Waals surface area contributed by atoms with E-state index in [1.807, 2.05) is 12.1 Å². The molecule has 2 heterocycles. The van der Waals surface area contributed by atoms with Crippen LogP contribution in [0.3, 0.4) is 0 Å². The molecule has 1 aromatic carbocycles. The van der Waals surface area contributed by atoms with Gasteiger partial charge in [-0.25, -0.2) is 0 Å². The number of aliphatic carboxylic acids is 1. The summed E-state index contributed by atoms with van der Waals surface area (Å²) in [5.41, 5.74) is 1.93. The van der Waals surface area contributed by atoms with Crippen molar-refractivity contribution in [3.63, 3.8) is 0 Å². The highest BCUT2D eigenvalue weighted by atomic mass is 35.5. The van der Waals surface area contributed by atoms with Gasteiger partial charge in [0, 0.05) is 22.5 Å². The van der Waals surface area contributed by atoms with Crippen LogP contribution in [0.4, 0.5) is 0 Å². The molecule has 1 unspecified atom stereocenters. The number of carboxylic acid groups (broad SMARTS) is 1. The molecule has 2 atom stereocenters. The first kappa shape index (κ1) is 13.6. The molecule has 2 N–H and O–H groups in total. The van der Waals surface area contributed by atoms with Crippen molar-refractivity contribution in [2.24, 2.45) is 0 Å². The molecular weight excluding hydrogens is 294 g/mol. The fraction of sp³-hybridized carbons (Fsp3) is 0.267. The van der Waals surface area contributed by atoms with Crippen molar-refractivity contribution < 1.29 is 9.90 Å². The second-order valence-corrected chi connectivity index (χ2v) is 6.31. The molecule has 1 aromatic heterocycles. The van der Waals surface area contributed by atoms with Crippen LogP contribution in [0.1, 0.15) is 21.9 Å². The summed E-state index contributed by atoms with van der Waals surface area (Å²) in [6.07, 6.45) is 0.723. The highest BCUT2D eigenvalue weighted by molar-refractivity contribution is 7.10. The zero-order valence-electron chi connectivity index (χ0n) is 10.7. The van der Waals surface area contributed by atoms with E-state index in [1.165, 1.54) is 10.4 Å². The Morgan fingerprint density at radius 1 is 1.40 bits per heavy atom. The second kappa shape index (κ2) is 5.56. The molecule has 1 aliphatic heterocycles. The molecule has 0 radical (unpaired) electrons. The van der Waals surface area contributed by atoms with E-state index in [-0.39, 0.29) is 6.04 Å². The first-order chi connectivity index (χ1) is 9.66. The van der Waals surface area contributed by atoms with E-state index < -0.39 is 11.9 Å². The fourth-order valence-corrected chi connectivity index (χ4v) is 3.84. The first-order valence-corrected chi connectivity index (χ1v) is 7.68. The van der Waals surface area contributed by atoms with Gasteiger partial charge in [-0.1, -0.05) is 29.8 Å². The van der Waals surface area contributed by atoms with Crippen molar-refractivity contribution in [1.82, 2.24) is 5.32 Å². The molecule has 0 saturated carbocycles. The molecule has 0 saturated heterocycles. The number of rotatable bonds is 3. The number of nitrogens with one attached hydrogen (secondary N) is 1. The Morgan fingerprint density at radius 3 is 2.95 bits per heavy atom. The smallest absolute Gasteiger partial charge is 0.312 e. The third kappa shape index (κ3) is 2.46. The van der Waals surface area contributed by atoms with Crippen molar-refractivity contribution in [3.8, 4) is 0 Å². The van der Waals surface area contributed by atoms with Crippen molar-refractivity contribution in [2.45, 2.75) is 24.9 Å². The molecular formula is C15H14ClNO2S. The second-order valence-electron chi connectivity index (χ2n) is 4.90. The molecule has 0 aliphatic carbocycles. The van der Waals surface area contributed by atoms with Gasteiger partial charge in [0.25, 0.3) is 0 Å². The van der Waals surface area contributed by atoms with Crippen LogP contribution in [0, 0.1) is 0 Å². The maximum absolute atomic E-state index is 11.7. The predicted molar refractivity (Wildman–Crippen MR) is 80.5 cm³/mol. The lowest BCUT2D eigenvalue weighted by molar-refractivity contribution is -0.139. The Hall–Kier alpha value is -1.36. The minimum Gasteiger partial charge on any atom is -0.481 e. The Kier molecular flexibility index (Phi) is 3.78.